The van der Waals surface area contributed by atoms with Gasteiger partial charge in [-0.1, -0.05) is 15.9 Å². The number of carbonyl (C=O) groups excluding carboxylic acids is 2. The number of nitrogens with one attached hydrogen (secondary N) is 2. The Morgan fingerprint density at radius 1 is 0.962 bits per heavy atom. The Morgan fingerprint density at radius 2 is 1.62 bits per heavy atom. The lowest BCUT2D eigenvalue weighted by Gasteiger charge is -2.15. The molecule has 0 saturated heterocycles. The Morgan fingerprint density at radius 3 is 2.19 bits per heavy atom. The van der Waals surface area contributed by atoms with Crippen molar-refractivity contribution in [2.24, 2.45) is 0 Å². The Bertz CT molecular complexity index is 786. The highest BCUT2D eigenvalue weighted by atomic mass is 79.9. The minimum absolute atomic E-state index is 0.0403. The molecule has 138 valence electrons. The van der Waals surface area contributed by atoms with Gasteiger partial charge in [-0.15, -0.1) is 0 Å². The molecule has 0 aliphatic carbocycles. The van der Waals surface area contributed by atoms with E-state index in [1.165, 1.54) is 0 Å². The van der Waals surface area contributed by atoms with Crippen LogP contribution in [-0.4, -0.2) is 24.0 Å². The molecule has 0 heterocycles. The third kappa shape index (κ3) is 5.59. The normalized spacial score (nSPS) is 10.7. The van der Waals surface area contributed by atoms with Gasteiger partial charge >= 0.3 is 0 Å². The molecule has 0 bridgehead atoms. The van der Waals surface area contributed by atoms with E-state index >= 15 is 0 Å². The van der Waals surface area contributed by atoms with Gasteiger partial charge in [-0.25, -0.2) is 0 Å². The molecule has 2 aromatic carbocycles. The maximum absolute atomic E-state index is 12.6. The predicted octanol–water partition coefficient (Wildman–Crippen LogP) is 4.63. The summed E-state index contributed by atoms with van der Waals surface area (Å²) in [6.07, 6.45) is -0.0403. The summed E-state index contributed by atoms with van der Waals surface area (Å²) >= 11 is 3.38. The van der Waals surface area contributed by atoms with Gasteiger partial charge < -0.3 is 15.4 Å². The van der Waals surface area contributed by atoms with Gasteiger partial charge in [0, 0.05) is 21.8 Å². The lowest BCUT2D eigenvalue weighted by Crippen LogP contribution is -2.30. The van der Waals surface area contributed by atoms with Crippen LogP contribution in [0.15, 0.2) is 46.9 Å². The Labute approximate surface area is 162 Å². The summed E-state index contributed by atoms with van der Waals surface area (Å²) in [5, 5.41) is 5.66. The molecule has 0 unspecified atom stereocenters. The highest BCUT2D eigenvalue weighted by Crippen LogP contribution is 2.25. The monoisotopic (exact) mass is 418 g/mol. The molecule has 2 amide bonds. The Hall–Kier alpha value is -2.34. The van der Waals surface area contributed by atoms with E-state index in [9.17, 15) is 9.59 Å². The van der Waals surface area contributed by atoms with Crippen LogP contribution in [0.4, 0.5) is 5.69 Å². The van der Waals surface area contributed by atoms with Crippen LogP contribution in [-0.2, 0) is 0 Å². The van der Waals surface area contributed by atoms with E-state index in [1.54, 1.807) is 36.4 Å². The molecule has 0 aliphatic rings. The Kier molecular flexibility index (Phi) is 6.80. The highest BCUT2D eigenvalue weighted by molar-refractivity contribution is 9.10. The maximum Gasteiger partial charge on any atom is 0.259 e. The number of hydrogen-bond donors (Lipinski definition) is 2. The van der Waals surface area contributed by atoms with Crippen LogP contribution in [0.2, 0.25) is 0 Å². The lowest BCUT2D eigenvalue weighted by molar-refractivity contribution is 0.0942. The average molecular weight is 419 g/mol. The van der Waals surface area contributed by atoms with E-state index in [2.05, 4.69) is 26.6 Å². The molecule has 0 spiro atoms. The third-order valence-electron chi connectivity index (χ3n) is 3.37. The van der Waals surface area contributed by atoms with Crippen LogP contribution >= 0.6 is 15.9 Å². The van der Waals surface area contributed by atoms with Gasteiger partial charge in [-0.3, -0.25) is 9.59 Å². The fraction of sp³-hybridized carbons (Fsp3) is 0.300. The summed E-state index contributed by atoms with van der Waals surface area (Å²) in [6, 6.07) is 12.1. The van der Waals surface area contributed by atoms with Crippen molar-refractivity contribution in [1.29, 1.82) is 0 Å². The van der Waals surface area contributed by atoms with Crippen molar-refractivity contribution in [1.82, 2.24) is 5.32 Å². The first kappa shape index (κ1) is 20.0. The van der Waals surface area contributed by atoms with E-state index in [4.69, 9.17) is 4.74 Å². The zero-order chi connectivity index (χ0) is 19.3. The van der Waals surface area contributed by atoms with Crippen LogP contribution in [0.5, 0.6) is 5.75 Å². The molecule has 5 nitrogen and oxygen atoms in total. The lowest BCUT2D eigenvalue weighted by atomic mass is 10.1. The molecular formula is C20H23BrN2O3. The maximum atomic E-state index is 12.6. The molecule has 0 atom stereocenters. The number of halogens is 1. The Balaban J connectivity index is 2.15. The van der Waals surface area contributed by atoms with E-state index < -0.39 is 0 Å². The summed E-state index contributed by atoms with van der Waals surface area (Å²) < 4.78 is 6.50. The SMILES string of the molecule is CC(C)NC(=O)c1ccc(NC(=O)c2cc(Br)ccc2OC(C)C)cc1. The summed E-state index contributed by atoms with van der Waals surface area (Å²) in [7, 11) is 0. The number of carbonyl (C=O) groups is 2. The molecular weight excluding hydrogens is 396 g/mol. The average Bonchev–Trinajstić information content (AvgIpc) is 2.56. The third-order valence-corrected chi connectivity index (χ3v) is 3.87. The second-order valence-electron chi connectivity index (χ2n) is 6.47. The standard InChI is InChI=1S/C20H23BrN2O3/c1-12(2)22-19(24)14-5-8-16(9-6-14)23-20(25)17-11-15(21)7-10-18(17)26-13(3)4/h5-13H,1-4H3,(H,22,24)(H,23,25). The molecule has 6 heteroatoms. The minimum atomic E-state index is -0.277. The summed E-state index contributed by atoms with van der Waals surface area (Å²) in [4.78, 5) is 24.6. The number of benzene rings is 2. The number of amides is 2. The van der Waals surface area contributed by atoms with Gasteiger partial charge in [0.05, 0.1) is 11.7 Å². The van der Waals surface area contributed by atoms with Gasteiger partial charge in [-0.05, 0) is 70.2 Å². The first-order chi connectivity index (χ1) is 12.3. The zero-order valence-electron chi connectivity index (χ0n) is 15.3. The minimum Gasteiger partial charge on any atom is -0.490 e. The van der Waals surface area contributed by atoms with Crippen molar-refractivity contribution in [3.05, 3.63) is 58.1 Å². The highest BCUT2D eigenvalue weighted by Gasteiger charge is 2.15. The molecule has 0 fully saturated rings. The molecule has 2 N–H and O–H groups in total. The molecule has 0 aliphatic heterocycles. The molecule has 26 heavy (non-hydrogen) atoms. The number of hydrogen-bond acceptors (Lipinski definition) is 3. The summed E-state index contributed by atoms with van der Waals surface area (Å²) in [5.74, 6) is 0.104. The zero-order valence-corrected chi connectivity index (χ0v) is 16.9. The number of rotatable bonds is 6. The van der Waals surface area contributed by atoms with Crippen LogP contribution in [0.3, 0.4) is 0 Å². The van der Waals surface area contributed by atoms with Gasteiger partial charge in [0.15, 0.2) is 0 Å². The van der Waals surface area contributed by atoms with E-state index in [0.717, 1.165) is 4.47 Å². The molecule has 0 aromatic heterocycles. The van der Waals surface area contributed by atoms with Crippen molar-refractivity contribution in [2.45, 2.75) is 39.8 Å². The first-order valence-electron chi connectivity index (χ1n) is 8.44. The van der Waals surface area contributed by atoms with Crippen LogP contribution in [0.1, 0.15) is 48.4 Å². The topological polar surface area (TPSA) is 67.4 Å². The van der Waals surface area contributed by atoms with Gasteiger partial charge in [0.1, 0.15) is 5.75 Å². The van der Waals surface area contributed by atoms with Crippen molar-refractivity contribution in [2.75, 3.05) is 5.32 Å². The first-order valence-corrected chi connectivity index (χ1v) is 9.24. The fourth-order valence-corrected chi connectivity index (χ4v) is 2.65. The van der Waals surface area contributed by atoms with Crippen LogP contribution in [0, 0.1) is 0 Å². The van der Waals surface area contributed by atoms with Gasteiger partial charge in [0.25, 0.3) is 11.8 Å². The van der Waals surface area contributed by atoms with Crippen molar-refractivity contribution >= 4 is 33.4 Å². The second kappa shape index (κ2) is 8.85. The molecule has 0 radical (unpaired) electrons. The van der Waals surface area contributed by atoms with Gasteiger partial charge in [0.2, 0.25) is 0 Å². The quantitative estimate of drug-likeness (QED) is 0.718. The van der Waals surface area contributed by atoms with Crippen molar-refractivity contribution in [3.8, 4) is 5.75 Å². The summed E-state index contributed by atoms with van der Waals surface area (Å²) in [5.41, 5.74) is 1.59. The largest absolute Gasteiger partial charge is 0.490 e. The summed E-state index contributed by atoms with van der Waals surface area (Å²) in [6.45, 7) is 7.62. The van der Waals surface area contributed by atoms with Gasteiger partial charge in [-0.2, -0.15) is 0 Å². The fourth-order valence-electron chi connectivity index (χ4n) is 2.29. The predicted molar refractivity (Wildman–Crippen MR) is 107 cm³/mol. The molecule has 2 rings (SSSR count). The van der Waals surface area contributed by atoms with Crippen molar-refractivity contribution < 1.29 is 14.3 Å². The van der Waals surface area contributed by atoms with Crippen LogP contribution < -0.4 is 15.4 Å². The smallest absolute Gasteiger partial charge is 0.259 e. The number of anilines is 1. The molecule has 0 saturated carbocycles. The van der Waals surface area contributed by atoms with Crippen molar-refractivity contribution in [3.63, 3.8) is 0 Å². The van der Waals surface area contributed by atoms with E-state index in [1.807, 2.05) is 33.8 Å². The van der Waals surface area contributed by atoms with Crippen LogP contribution in [0.25, 0.3) is 0 Å². The second-order valence-corrected chi connectivity index (χ2v) is 7.38. The van der Waals surface area contributed by atoms with E-state index in [0.29, 0.717) is 22.6 Å². The van der Waals surface area contributed by atoms with E-state index in [-0.39, 0.29) is 24.0 Å². The molecule has 2 aromatic rings. The number of ether oxygens (including phenoxy) is 1.